The Balaban J connectivity index is 1.30. The summed E-state index contributed by atoms with van der Waals surface area (Å²) < 4.78 is 4.51. The van der Waals surface area contributed by atoms with Crippen molar-refractivity contribution in [3.05, 3.63) is 198 Å². The van der Waals surface area contributed by atoms with Crippen molar-refractivity contribution in [2.45, 2.75) is 13.8 Å². The molecular weight excluding hydrogens is 681 g/mol. The maximum Gasteiger partial charge on any atom is 0.234 e. The number of benzene rings is 8. The van der Waals surface area contributed by atoms with E-state index < -0.39 is 0 Å². The summed E-state index contributed by atoms with van der Waals surface area (Å²) >= 11 is 0. The lowest BCUT2D eigenvalue weighted by Gasteiger charge is -2.20. The van der Waals surface area contributed by atoms with Crippen LogP contribution in [-0.2, 0) is 0 Å². The molecule has 0 aliphatic carbocycles. The third kappa shape index (κ3) is 5.20. The number of rotatable bonds is 5. The molecule has 0 aliphatic rings. The second-order valence-electron chi connectivity index (χ2n) is 14.5. The molecule has 2 heterocycles. The number of nitrogens with zero attached hydrogens (tertiary/aromatic N) is 4. The average molecular weight is 715 g/mol. The summed E-state index contributed by atoms with van der Waals surface area (Å²) in [4.78, 5) is 4.43. The van der Waals surface area contributed by atoms with Gasteiger partial charge in [0.1, 0.15) is 0 Å². The van der Waals surface area contributed by atoms with Gasteiger partial charge < -0.3 is 9.13 Å². The van der Waals surface area contributed by atoms with Gasteiger partial charge in [-0.3, -0.25) is 0 Å². The van der Waals surface area contributed by atoms with Crippen LogP contribution in [0.4, 0.5) is 5.69 Å². The van der Waals surface area contributed by atoms with E-state index in [0.717, 1.165) is 77.2 Å². The van der Waals surface area contributed by atoms with Gasteiger partial charge in [0.2, 0.25) is 5.69 Å². The lowest BCUT2D eigenvalue weighted by atomic mass is 9.99. The molecule has 0 saturated heterocycles. The highest BCUT2D eigenvalue weighted by atomic mass is 15.1. The SMILES string of the molecule is [C-]#[N+]c1c(-n2c3ccccc3c3cc(-c4cccc(C)c4)ccc32)ccc(-c2cccc(C#N)c2)c1-n1c2ccccc2c2cc(-c3cccc(C)c3)ccc21. The van der Waals surface area contributed by atoms with E-state index in [9.17, 15) is 5.26 Å². The van der Waals surface area contributed by atoms with Crippen LogP contribution < -0.4 is 0 Å². The fraction of sp³-hybridized carbons (Fsp3) is 0.0385. The molecule has 0 atom stereocenters. The van der Waals surface area contributed by atoms with Crippen molar-refractivity contribution in [2.75, 3.05) is 0 Å². The summed E-state index contributed by atoms with van der Waals surface area (Å²) in [6.07, 6.45) is 0. The number of para-hydroxylation sites is 2. The Labute approximate surface area is 325 Å². The second-order valence-corrected chi connectivity index (χ2v) is 14.5. The molecule has 262 valence electrons. The van der Waals surface area contributed by atoms with Crippen LogP contribution in [0.1, 0.15) is 16.7 Å². The van der Waals surface area contributed by atoms with Crippen LogP contribution in [0.5, 0.6) is 0 Å². The molecule has 8 aromatic carbocycles. The van der Waals surface area contributed by atoms with Crippen LogP contribution in [0.3, 0.4) is 0 Å². The molecule has 0 aliphatic heterocycles. The second kappa shape index (κ2) is 13.0. The highest BCUT2D eigenvalue weighted by molar-refractivity contribution is 6.13. The lowest BCUT2D eigenvalue weighted by molar-refractivity contribution is 1.15. The molecule has 0 unspecified atom stereocenters. The predicted octanol–water partition coefficient (Wildman–Crippen LogP) is 13.9. The van der Waals surface area contributed by atoms with Crippen molar-refractivity contribution in [3.63, 3.8) is 0 Å². The fourth-order valence-corrected chi connectivity index (χ4v) is 8.53. The van der Waals surface area contributed by atoms with Gasteiger partial charge in [0.25, 0.3) is 0 Å². The molecule has 0 spiro atoms. The van der Waals surface area contributed by atoms with E-state index in [1.807, 2.05) is 24.3 Å². The van der Waals surface area contributed by atoms with Gasteiger partial charge in [-0.15, -0.1) is 0 Å². The molecule has 0 bridgehead atoms. The standard InChI is InChI=1S/C52H34N4/c1-33-11-8-14-36(27-33)38-21-24-48-44(30-38)42-17-4-6-19-46(42)55(48)50-26-23-41(40-16-10-13-35(29-40)32-53)52(51(50)54-3)56-47-20-7-5-18-43(47)45-31-39(22-25-49(45)56)37-15-9-12-34(2)28-37/h4-31H,1-2H3. The van der Waals surface area contributed by atoms with Crippen LogP contribution in [0.2, 0.25) is 0 Å². The molecule has 0 fully saturated rings. The van der Waals surface area contributed by atoms with E-state index >= 15 is 0 Å². The summed E-state index contributed by atoms with van der Waals surface area (Å²) in [5.74, 6) is 0. The molecule has 10 rings (SSSR count). The molecule has 4 heteroatoms. The number of aryl methyl sites for hydroxylation is 2. The Morgan fingerprint density at radius 2 is 0.982 bits per heavy atom. The minimum Gasteiger partial charge on any atom is -0.319 e. The molecule has 10 aromatic rings. The topological polar surface area (TPSA) is 38.0 Å². The van der Waals surface area contributed by atoms with Gasteiger partial charge in [-0.2, -0.15) is 5.26 Å². The van der Waals surface area contributed by atoms with Crippen molar-refractivity contribution in [1.82, 2.24) is 9.13 Å². The third-order valence-electron chi connectivity index (χ3n) is 11.1. The summed E-state index contributed by atoms with van der Waals surface area (Å²) in [7, 11) is 0. The van der Waals surface area contributed by atoms with Gasteiger partial charge in [0.05, 0.1) is 51.6 Å². The Hall–Kier alpha value is -7.66. The molecule has 0 amide bonds. The summed E-state index contributed by atoms with van der Waals surface area (Å²) in [6.45, 7) is 13.2. The summed E-state index contributed by atoms with van der Waals surface area (Å²) in [5.41, 5.74) is 15.6. The highest BCUT2D eigenvalue weighted by Gasteiger charge is 2.25. The van der Waals surface area contributed by atoms with E-state index in [4.69, 9.17) is 6.57 Å². The lowest BCUT2D eigenvalue weighted by Crippen LogP contribution is -2.02. The van der Waals surface area contributed by atoms with Crippen molar-refractivity contribution in [1.29, 1.82) is 5.26 Å². The number of fused-ring (bicyclic) bond motifs is 6. The zero-order valence-corrected chi connectivity index (χ0v) is 31.0. The summed E-state index contributed by atoms with van der Waals surface area (Å²) in [6, 6.07) is 61.7. The highest BCUT2D eigenvalue weighted by Crippen LogP contribution is 2.46. The maximum atomic E-state index is 9.95. The van der Waals surface area contributed by atoms with Crippen LogP contribution in [0.15, 0.2) is 170 Å². The van der Waals surface area contributed by atoms with E-state index in [-0.39, 0.29) is 0 Å². The largest absolute Gasteiger partial charge is 0.319 e. The van der Waals surface area contributed by atoms with Gasteiger partial charge in [-0.25, -0.2) is 4.85 Å². The van der Waals surface area contributed by atoms with Gasteiger partial charge in [-0.1, -0.05) is 126 Å². The van der Waals surface area contributed by atoms with Crippen LogP contribution in [0.25, 0.3) is 93.2 Å². The van der Waals surface area contributed by atoms with E-state index in [0.29, 0.717) is 11.3 Å². The summed E-state index contributed by atoms with van der Waals surface area (Å²) in [5, 5.41) is 14.4. The Morgan fingerprint density at radius 1 is 0.464 bits per heavy atom. The molecule has 0 radical (unpaired) electrons. The molecule has 4 nitrogen and oxygen atoms in total. The number of hydrogen-bond acceptors (Lipinski definition) is 1. The number of aromatic nitrogens is 2. The minimum absolute atomic E-state index is 0.528. The Morgan fingerprint density at radius 3 is 1.57 bits per heavy atom. The van der Waals surface area contributed by atoms with Gasteiger partial charge >= 0.3 is 0 Å². The normalized spacial score (nSPS) is 11.4. The maximum absolute atomic E-state index is 9.95. The average Bonchev–Trinajstić information content (AvgIpc) is 3.75. The quantitative estimate of drug-likeness (QED) is 0.164. The molecule has 0 N–H and O–H groups in total. The first-order valence-corrected chi connectivity index (χ1v) is 18.8. The van der Waals surface area contributed by atoms with Gasteiger partial charge in [0.15, 0.2) is 0 Å². The minimum atomic E-state index is 0.528. The monoisotopic (exact) mass is 714 g/mol. The zero-order valence-electron chi connectivity index (χ0n) is 31.0. The van der Waals surface area contributed by atoms with Crippen LogP contribution >= 0.6 is 0 Å². The predicted molar refractivity (Wildman–Crippen MR) is 232 cm³/mol. The van der Waals surface area contributed by atoms with Crippen molar-refractivity contribution < 1.29 is 0 Å². The van der Waals surface area contributed by atoms with Crippen molar-refractivity contribution >= 4 is 49.3 Å². The van der Waals surface area contributed by atoms with E-state index in [1.165, 1.54) is 22.3 Å². The smallest absolute Gasteiger partial charge is 0.234 e. The van der Waals surface area contributed by atoms with Crippen molar-refractivity contribution in [2.24, 2.45) is 0 Å². The molecular formula is C52H34N4. The number of hydrogen-bond donors (Lipinski definition) is 0. The molecule has 0 saturated carbocycles. The van der Waals surface area contributed by atoms with Crippen molar-refractivity contribution in [3.8, 4) is 50.8 Å². The first-order chi connectivity index (χ1) is 27.5. The Kier molecular flexibility index (Phi) is 7.66. The van der Waals surface area contributed by atoms with Crippen LogP contribution in [0, 0.1) is 31.8 Å². The fourth-order valence-electron chi connectivity index (χ4n) is 8.53. The first-order valence-electron chi connectivity index (χ1n) is 18.8. The molecule has 2 aromatic heterocycles. The Bertz CT molecular complexity index is 3310. The first kappa shape index (κ1) is 32.9. The third-order valence-corrected chi connectivity index (χ3v) is 11.1. The van der Waals surface area contributed by atoms with E-state index in [1.54, 1.807) is 0 Å². The van der Waals surface area contributed by atoms with Gasteiger partial charge in [0, 0.05) is 21.5 Å². The number of nitriles is 1. The van der Waals surface area contributed by atoms with Crippen LogP contribution in [-0.4, -0.2) is 9.13 Å². The van der Waals surface area contributed by atoms with Gasteiger partial charge in [-0.05, 0) is 102 Å². The molecule has 56 heavy (non-hydrogen) atoms. The zero-order chi connectivity index (χ0) is 37.9. The van der Waals surface area contributed by atoms with E-state index in [2.05, 4.69) is 179 Å².